The van der Waals surface area contributed by atoms with Crippen LogP contribution in [0.1, 0.15) is 219 Å². The molecule has 0 aromatic rings. The zero-order chi connectivity index (χ0) is 41.3. The van der Waals surface area contributed by atoms with Gasteiger partial charge in [-0.2, -0.15) is 0 Å². The first kappa shape index (κ1) is 56.1. The molecule has 0 aliphatic rings. The van der Waals surface area contributed by atoms with Crippen LogP contribution >= 0.6 is 7.82 Å². The van der Waals surface area contributed by atoms with Crippen LogP contribution in [-0.4, -0.2) is 80.0 Å². The summed E-state index contributed by atoms with van der Waals surface area (Å²) >= 11 is 0. The second-order valence-corrected chi connectivity index (χ2v) is 17.9. The lowest BCUT2D eigenvalue weighted by molar-refractivity contribution is -0.870. The number of likely N-dealkylation sites (N-methyl/N-ethyl adjacent to an activating group) is 1. The number of ether oxygens (including phenoxy) is 2. The SMILES string of the molecule is CCCCCCCCCCCCCCCCCC(=O)OC[C@H](CO)OC(=O)CCCCCCCCCCCCCCCCC.C[N+](C)(C)CCOP(=O)([O-])O. The molecular weight excluding hydrogens is 717 g/mol. The van der Waals surface area contributed by atoms with Gasteiger partial charge in [0.2, 0.25) is 0 Å². The Hall–Kier alpha value is -1.03. The van der Waals surface area contributed by atoms with Gasteiger partial charge in [0.25, 0.3) is 7.82 Å². The smallest absolute Gasteiger partial charge is 0.306 e. The number of phosphoric ester groups is 1. The number of esters is 2. The summed E-state index contributed by atoms with van der Waals surface area (Å²) in [6, 6.07) is 0. The van der Waals surface area contributed by atoms with Gasteiger partial charge in [0, 0.05) is 12.8 Å². The Morgan fingerprint density at radius 1 is 0.564 bits per heavy atom. The summed E-state index contributed by atoms with van der Waals surface area (Å²) in [6.07, 6.45) is 38.7. The van der Waals surface area contributed by atoms with E-state index in [9.17, 15) is 24.2 Å². The number of aliphatic hydroxyl groups is 1. The molecule has 11 heteroatoms. The van der Waals surface area contributed by atoms with Crippen molar-refractivity contribution in [2.24, 2.45) is 0 Å². The van der Waals surface area contributed by atoms with E-state index in [0.717, 1.165) is 32.1 Å². The molecule has 0 aromatic heterocycles. The molecule has 0 heterocycles. The van der Waals surface area contributed by atoms with Crippen LogP contribution in [0.4, 0.5) is 0 Å². The predicted molar refractivity (Wildman–Crippen MR) is 226 cm³/mol. The quantitative estimate of drug-likeness (QED) is 0.0268. The van der Waals surface area contributed by atoms with Crippen molar-refractivity contribution in [1.82, 2.24) is 0 Å². The second kappa shape index (κ2) is 41.1. The van der Waals surface area contributed by atoms with Crippen LogP contribution in [0.5, 0.6) is 0 Å². The summed E-state index contributed by atoms with van der Waals surface area (Å²) in [7, 11) is 1.19. The first-order valence-electron chi connectivity index (χ1n) is 22.8. The van der Waals surface area contributed by atoms with E-state index in [1.54, 1.807) is 0 Å². The van der Waals surface area contributed by atoms with E-state index in [1.165, 1.54) is 161 Å². The van der Waals surface area contributed by atoms with Crippen LogP contribution in [0.2, 0.25) is 0 Å². The molecule has 10 nitrogen and oxygen atoms in total. The van der Waals surface area contributed by atoms with Gasteiger partial charge in [-0.05, 0) is 12.8 Å². The maximum Gasteiger partial charge on any atom is 0.306 e. The number of carbonyl (C=O) groups excluding carboxylic acids is 2. The molecule has 0 fully saturated rings. The summed E-state index contributed by atoms with van der Waals surface area (Å²) in [5.41, 5.74) is 0. The van der Waals surface area contributed by atoms with Gasteiger partial charge < -0.3 is 33.4 Å². The third-order valence-electron chi connectivity index (χ3n) is 9.92. The molecule has 2 atom stereocenters. The molecule has 0 bridgehead atoms. The van der Waals surface area contributed by atoms with Crippen molar-refractivity contribution in [3.05, 3.63) is 0 Å². The third kappa shape index (κ3) is 51.0. The number of hydrogen-bond acceptors (Lipinski definition) is 8. The lowest BCUT2D eigenvalue weighted by Gasteiger charge is -2.25. The predicted octanol–water partition coefficient (Wildman–Crippen LogP) is 11.1. The molecule has 0 radical (unpaired) electrons. The summed E-state index contributed by atoms with van der Waals surface area (Å²) in [6.45, 7) is 4.71. The van der Waals surface area contributed by atoms with Crippen molar-refractivity contribution in [3.8, 4) is 0 Å². The molecule has 0 aliphatic carbocycles. The number of phosphoric acid groups is 1. The van der Waals surface area contributed by atoms with E-state index in [1.807, 2.05) is 21.1 Å². The standard InChI is InChI=1S/C39H76O5.C5H14NO4P/c1-3-5-7-9-11-13-15-17-19-21-23-25-27-29-31-33-38(41)43-36-37(35-40)44-39(42)34-32-30-28-26-24-22-20-18-16-14-12-10-8-6-4-2;1-6(2,3)4-5-10-11(7,8)9/h37,40H,3-36H2,1-2H3;4-5H2,1-3H3,(H-,7,8,9)/t37-;/m0./s1. The van der Waals surface area contributed by atoms with Crippen LogP contribution in [0.3, 0.4) is 0 Å². The minimum absolute atomic E-state index is 0.0147. The fourth-order valence-electron chi connectivity index (χ4n) is 6.34. The molecule has 0 aromatic carbocycles. The Morgan fingerprint density at radius 3 is 1.16 bits per heavy atom. The van der Waals surface area contributed by atoms with Crippen molar-refractivity contribution in [1.29, 1.82) is 0 Å². The van der Waals surface area contributed by atoms with Crippen molar-refractivity contribution >= 4 is 19.8 Å². The molecule has 1 unspecified atom stereocenters. The topological polar surface area (TPSA) is 142 Å². The van der Waals surface area contributed by atoms with Crippen LogP contribution in [-0.2, 0) is 28.2 Å². The van der Waals surface area contributed by atoms with E-state index in [0.29, 0.717) is 23.9 Å². The Labute approximate surface area is 339 Å². The van der Waals surface area contributed by atoms with E-state index < -0.39 is 13.9 Å². The number of quaternary nitrogens is 1. The molecule has 2 N–H and O–H groups in total. The van der Waals surface area contributed by atoms with Crippen molar-refractivity contribution in [3.63, 3.8) is 0 Å². The van der Waals surface area contributed by atoms with Crippen LogP contribution in [0.15, 0.2) is 0 Å². The Kier molecular flexibility index (Phi) is 41.9. The van der Waals surface area contributed by atoms with E-state index in [2.05, 4.69) is 18.4 Å². The minimum atomic E-state index is -4.51. The van der Waals surface area contributed by atoms with Gasteiger partial charge in [0.1, 0.15) is 19.8 Å². The van der Waals surface area contributed by atoms with Crippen LogP contribution in [0, 0.1) is 0 Å². The lowest BCUT2D eigenvalue weighted by atomic mass is 10.0. The van der Waals surface area contributed by atoms with Crippen LogP contribution < -0.4 is 4.89 Å². The highest BCUT2D eigenvalue weighted by Crippen LogP contribution is 2.29. The molecule has 0 rings (SSSR count). The normalized spacial score (nSPS) is 13.2. The summed E-state index contributed by atoms with van der Waals surface area (Å²) in [5.74, 6) is -0.575. The first-order valence-corrected chi connectivity index (χ1v) is 24.3. The van der Waals surface area contributed by atoms with Gasteiger partial charge in [-0.15, -0.1) is 0 Å². The van der Waals surface area contributed by atoms with E-state index >= 15 is 0 Å². The molecule has 0 saturated carbocycles. The Morgan fingerprint density at radius 2 is 0.873 bits per heavy atom. The molecule has 0 aliphatic heterocycles. The maximum atomic E-state index is 12.1. The monoisotopic (exact) mass is 808 g/mol. The maximum absolute atomic E-state index is 12.1. The van der Waals surface area contributed by atoms with Gasteiger partial charge in [0.05, 0.1) is 27.7 Å². The number of unbranched alkanes of at least 4 members (excludes halogenated alkanes) is 28. The van der Waals surface area contributed by atoms with Gasteiger partial charge in [0.15, 0.2) is 6.10 Å². The number of nitrogens with zero attached hydrogens (tertiary/aromatic N) is 1. The average molecular weight is 808 g/mol. The zero-order valence-electron chi connectivity index (χ0n) is 36.7. The molecule has 0 spiro atoms. The number of aliphatic hydroxyl groups excluding tert-OH is 1. The van der Waals surface area contributed by atoms with Crippen molar-refractivity contribution in [2.45, 2.75) is 225 Å². The highest BCUT2D eigenvalue weighted by molar-refractivity contribution is 7.44. The number of carbonyl (C=O) groups is 2. The fourth-order valence-corrected chi connectivity index (χ4v) is 6.65. The Bertz CT molecular complexity index is 878. The summed E-state index contributed by atoms with van der Waals surface area (Å²) in [5, 5.41) is 9.54. The lowest BCUT2D eigenvalue weighted by Crippen LogP contribution is -2.37. The first-order chi connectivity index (χ1) is 26.3. The highest BCUT2D eigenvalue weighted by atomic mass is 31.2. The fraction of sp³-hybridized carbons (Fsp3) is 0.955. The summed E-state index contributed by atoms with van der Waals surface area (Å²) in [4.78, 5) is 42.5. The molecule has 0 amide bonds. The third-order valence-corrected chi connectivity index (χ3v) is 10.4. The number of hydrogen-bond donors (Lipinski definition) is 2. The van der Waals surface area contributed by atoms with Crippen molar-refractivity contribution < 1.29 is 47.5 Å². The van der Waals surface area contributed by atoms with E-state index in [4.69, 9.17) is 14.4 Å². The molecule has 0 saturated heterocycles. The molecular formula is C44H90NO9P. The average Bonchev–Trinajstić information content (AvgIpc) is 3.12. The minimum Gasteiger partial charge on any atom is -0.756 e. The van der Waals surface area contributed by atoms with Crippen LogP contribution in [0.25, 0.3) is 0 Å². The van der Waals surface area contributed by atoms with Gasteiger partial charge >= 0.3 is 11.9 Å². The van der Waals surface area contributed by atoms with Gasteiger partial charge in [-0.3, -0.25) is 14.2 Å². The highest BCUT2D eigenvalue weighted by Gasteiger charge is 2.16. The second-order valence-electron chi connectivity index (χ2n) is 16.7. The van der Waals surface area contributed by atoms with Gasteiger partial charge in [-0.1, -0.05) is 194 Å². The Balaban J connectivity index is 0. The molecule has 55 heavy (non-hydrogen) atoms. The zero-order valence-corrected chi connectivity index (χ0v) is 37.6. The van der Waals surface area contributed by atoms with Gasteiger partial charge in [-0.25, -0.2) is 0 Å². The molecule has 330 valence electrons. The number of rotatable bonds is 40. The largest absolute Gasteiger partial charge is 0.756 e. The van der Waals surface area contributed by atoms with Crippen molar-refractivity contribution in [2.75, 3.05) is 47.5 Å². The van der Waals surface area contributed by atoms with E-state index in [-0.39, 0.29) is 31.8 Å². The summed E-state index contributed by atoms with van der Waals surface area (Å²) < 4.78 is 25.4.